The van der Waals surface area contributed by atoms with Crippen molar-refractivity contribution >= 4 is 90.7 Å². The van der Waals surface area contributed by atoms with Crippen LogP contribution in [0.2, 0.25) is 0 Å². The van der Waals surface area contributed by atoms with Gasteiger partial charge in [-0.25, -0.2) is 0 Å². The number of hydrogen-bond acceptors (Lipinski definition) is 8. The topological polar surface area (TPSA) is 0 Å². The lowest BCUT2D eigenvalue weighted by molar-refractivity contribution is 0.556. The Hall–Kier alpha value is -2.40. The highest BCUT2D eigenvalue weighted by molar-refractivity contribution is 7.31. The van der Waals surface area contributed by atoms with E-state index in [0.29, 0.717) is 0 Å². The van der Waals surface area contributed by atoms with Gasteiger partial charge in [0.15, 0.2) is 0 Å². The highest BCUT2D eigenvalue weighted by Gasteiger charge is 2.20. The van der Waals surface area contributed by atoms with Crippen LogP contribution in [0.25, 0.3) is 68.3 Å². The molecule has 68 heavy (non-hydrogen) atoms. The SMILES string of the molecule is CCCCCCCCCCCCc1ccsc1-c1ccc(-c2ccc(-c3sc(-c4cc(CC)c(-c5ccc(-c6ccc(-c7sccc7CCCCCCCCCCCC)s6)s5)s4)cc3CC)s2)s1. The third-order valence-electron chi connectivity index (χ3n) is 13.5. The summed E-state index contributed by atoms with van der Waals surface area (Å²) in [6, 6.07) is 28.8. The molecule has 0 aliphatic rings. The second kappa shape index (κ2) is 27.4. The molecule has 0 atom stereocenters. The van der Waals surface area contributed by atoms with Gasteiger partial charge in [-0.15, -0.1) is 90.7 Å². The van der Waals surface area contributed by atoms with Crippen molar-refractivity contribution in [2.24, 2.45) is 0 Å². The third kappa shape index (κ3) is 14.0. The van der Waals surface area contributed by atoms with Crippen LogP contribution in [0.3, 0.4) is 0 Å². The van der Waals surface area contributed by atoms with Crippen LogP contribution >= 0.6 is 90.7 Å². The molecule has 8 heteroatoms. The smallest absolute Gasteiger partial charge is 0.0481 e. The average Bonchev–Trinajstić information content (AvgIpc) is 4.21. The Morgan fingerprint density at radius 3 is 0.882 bits per heavy atom. The maximum atomic E-state index is 2.49. The first kappa shape index (κ1) is 51.9. The van der Waals surface area contributed by atoms with Crippen molar-refractivity contribution in [3.8, 4) is 68.3 Å². The summed E-state index contributed by atoms with van der Waals surface area (Å²) >= 11 is 15.7. The number of unbranched alkanes of at least 4 members (excludes halogenated alkanes) is 18. The number of thiophene rings is 8. The van der Waals surface area contributed by atoms with Crippen molar-refractivity contribution in [3.63, 3.8) is 0 Å². The van der Waals surface area contributed by atoms with Crippen LogP contribution in [-0.2, 0) is 25.7 Å². The quantitative estimate of drug-likeness (QED) is 0.0380. The van der Waals surface area contributed by atoms with Crippen LogP contribution in [-0.4, -0.2) is 0 Å². The van der Waals surface area contributed by atoms with E-state index in [1.807, 2.05) is 90.7 Å². The Bertz CT molecular complexity index is 2490. The molecule has 8 aromatic heterocycles. The molecule has 362 valence electrons. The highest BCUT2D eigenvalue weighted by atomic mass is 32.1. The van der Waals surface area contributed by atoms with E-state index in [9.17, 15) is 0 Å². The van der Waals surface area contributed by atoms with Crippen molar-refractivity contribution in [3.05, 3.63) is 106 Å². The molecular weight excluding hydrogens is 977 g/mol. The van der Waals surface area contributed by atoms with Crippen LogP contribution in [0, 0.1) is 0 Å². The van der Waals surface area contributed by atoms with Crippen molar-refractivity contribution in [1.29, 1.82) is 0 Å². The first-order chi connectivity index (χ1) is 33.6. The van der Waals surface area contributed by atoms with Crippen molar-refractivity contribution in [2.45, 2.75) is 182 Å². The molecule has 8 heterocycles. The summed E-state index contributed by atoms with van der Waals surface area (Å²) in [5.41, 5.74) is 6.03. The number of aryl methyl sites for hydroxylation is 4. The predicted molar refractivity (Wildman–Crippen MR) is 317 cm³/mol. The van der Waals surface area contributed by atoms with Crippen LogP contribution in [0.1, 0.15) is 178 Å². The fraction of sp³-hybridized carbons (Fsp3) is 0.467. The van der Waals surface area contributed by atoms with E-state index < -0.39 is 0 Å². The third-order valence-corrected chi connectivity index (χ3v) is 23.4. The van der Waals surface area contributed by atoms with Gasteiger partial charge in [0.25, 0.3) is 0 Å². The van der Waals surface area contributed by atoms with E-state index in [4.69, 9.17) is 0 Å². The van der Waals surface area contributed by atoms with Crippen LogP contribution in [0.4, 0.5) is 0 Å². The van der Waals surface area contributed by atoms with Gasteiger partial charge in [-0.05, 0) is 144 Å². The summed E-state index contributed by atoms with van der Waals surface area (Å²) in [5.74, 6) is 0. The minimum atomic E-state index is 1.05. The summed E-state index contributed by atoms with van der Waals surface area (Å²) < 4.78 is 0. The molecular formula is C60H74S8. The first-order valence-electron chi connectivity index (χ1n) is 26.4. The average molecular weight is 1050 g/mol. The molecule has 0 saturated heterocycles. The van der Waals surface area contributed by atoms with E-state index in [-0.39, 0.29) is 0 Å². The normalized spacial score (nSPS) is 11.8. The maximum absolute atomic E-state index is 2.49. The molecule has 8 aromatic rings. The number of hydrogen-bond donors (Lipinski definition) is 0. The van der Waals surface area contributed by atoms with Gasteiger partial charge in [-0.2, -0.15) is 0 Å². The zero-order valence-electron chi connectivity index (χ0n) is 41.3. The molecule has 0 aromatic carbocycles. The second-order valence-electron chi connectivity index (χ2n) is 18.7. The van der Waals surface area contributed by atoms with Crippen molar-refractivity contribution < 1.29 is 0 Å². The Kier molecular flexibility index (Phi) is 21.0. The monoisotopic (exact) mass is 1050 g/mol. The fourth-order valence-electron chi connectivity index (χ4n) is 9.52. The molecule has 0 aliphatic carbocycles. The van der Waals surface area contributed by atoms with Gasteiger partial charge < -0.3 is 0 Å². The molecule has 0 amide bonds. The predicted octanol–water partition coefficient (Wildman–Crippen LogP) is 23.9. The summed E-state index contributed by atoms with van der Waals surface area (Å²) in [4.78, 5) is 19.9. The van der Waals surface area contributed by atoms with E-state index in [1.54, 1.807) is 11.1 Å². The lowest BCUT2D eigenvalue weighted by atomic mass is 10.0. The summed E-state index contributed by atoms with van der Waals surface area (Å²) in [6.45, 7) is 9.25. The molecule has 0 bridgehead atoms. The second-order valence-corrected chi connectivity index (χ2v) is 27.0. The van der Waals surface area contributed by atoms with Gasteiger partial charge in [0.05, 0.1) is 0 Å². The minimum Gasteiger partial charge on any atom is -0.143 e. The van der Waals surface area contributed by atoms with Crippen LogP contribution < -0.4 is 0 Å². The van der Waals surface area contributed by atoms with E-state index in [0.717, 1.165) is 12.8 Å². The fourth-order valence-corrected chi connectivity index (χ4v) is 18.8. The lowest BCUT2D eigenvalue weighted by Gasteiger charge is -2.04. The standard InChI is InChI=1S/C60H74S8/c1-5-9-11-13-15-17-19-21-23-25-27-45-37-39-61-57(45)51-33-29-47(63-51)49-31-35-53(65-49)59-43(7-3)41-55(67-59)56-42-44(8-4)60(68-56)54-36-32-50(66-54)48-30-34-52(64-48)58-46(38-40-62-58)28-26-24-22-20-18-16-14-12-10-6-2/h29-42H,5-28H2,1-4H3. The zero-order chi connectivity index (χ0) is 46.9. The van der Waals surface area contributed by atoms with Crippen molar-refractivity contribution in [1.82, 2.24) is 0 Å². The lowest BCUT2D eigenvalue weighted by Crippen LogP contribution is -1.86. The van der Waals surface area contributed by atoms with Gasteiger partial charge in [0.2, 0.25) is 0 Å². The van der Waals surface area contributed by atoms with Crippen molar-refractivity contribution in [2.75, 3.05) is 0 Å². The Morgan fingerprint density at radius 2 is 0.559 bits per heavy atom. The molecule has 0 unspecified atom stereocenters. The summed E-state index contributed by atoms with van der Waals surface area (Å²) in [5, 5.41) is 4.62. The van der Waals surface area contributed by atoms with Crippen LogP contribution in [0.5, 0.6) is 0 Å². The molecule has 0 radical (unpaired) electrons. The maximum Gasteiger partial charge on any atom is 0.0481 e. The minimum absolute atomic E-state index is 1.05. The number of rotatable bonds is 31. The molecule has 0 spiro atoms. The summed E-state index contributed by atoms with van der Waals surface area (Å²) in [7, 11) is 0. The van der Waals surface area contributed by atoms with Gasteiger partial charge in [-0.1, -0.05) is 143 Å². The molecule has 0 fully saturated rings. The van der Waals surface area contributed by atoms with Gasteiger partial charge in [-0.3, -0.25) is 0 Å². The Morgan fingerprint density at radius 1 is 0.265 bits per heavy atom. The molecule has 0 N–H and O–H groups in total. The molecule has 0 aliphatic heterocycles. The zero-order valence-corrected chi connectivity index (χ0v) is 47.9. The van der Waals surface area contributed by atoms with Gasteiger partial charge in [0, 0.05) is 68.3 Å². The molecule has 0 saturated carbocycles. The largest absolute Gasteiger partial charge is 0.143 e. The van der Waals surface area contributed by atoms with E-state index in [2.05, 4.69) is 111 Å². The Balaban J connectivity index is 0.872. The van der Waals surface area contributed by atoms with Gasteiger partial charge >= 0.3 is 0 Å². The van der Waals surface area contributed by atoms with Crippen LogP contribution in [0.15, 0.2) is 83.6 Å². The van der Waals surface area contributed by atoms with Gasteiger partial charge in [0.1, 0.15) is 0 Å². The molecule has 8 rings (SSSR count). The Labute approximate surface area is 442 Å². The first-order valence-corrected chi connectivity index (χ1v) is 33.0. The highest BCUT2D eigenvalue weighted by Crippen LogP contribution is 2.50. The van der Waals surface area contributed by atoms with E-state index >= 15 is 0 Å². The van der Waals surface area contributed by atoms with E-state index in [1.165, 1.54) is 221 Å². The molecule has 0 nitrogen and oxygen atoms in total. The summed E-state index contributed by atoms with van der Waals surface area (Å²) in [6.07, 6.45) is 32.3.